The first kappa shape index (κ1) is 18.9. The van der Waals surface area contributed by atoms with Gasteiger partial charge in [0.1, 0.15) is 5.56 Å². The number of nitro benzene ring substituents is 1. The van der Waals surface area contributed by atoms with Crippen LogP contribution >= 0.6 is 11.8 Å². The summed E-state index contributed by atoms with van der Waals surface area (Å²) in [5.41, 5.74) is -2.12. The van der Waals surface area contributed by atoms with E-state index in [4.69, 9.17) is 0 Å². The third-order valence-electron chi connectivity index (χ3n) is 3.86. The molecule has 1 heterocycles. The maximum absolute atomic E-state index is 13.0. The summed E-state index contributed by atoms with van der Waals surface area (Å²) >= 11 is 1.54. The number of benzene rings is 1. The quantitative estimate of drug-likeness (QED) is 0.499. The molecule has 0 aliphatic carbocycles. The number of rotatable bonds is 5. The lowest BCUT2D eigenvalue weighted by atomic mass is 9.61. The maximum Gasteiger partial charge on any atom is 0.422 e. The van der Waals surface area contributed by atoms with Crippen LogP contribution in [0.4, 0.5) is 18.9 Å². The third-order valence-corrected chi connectivity index (χ3v) is 5.26. The number of fused-ring (bicyclic) bond motifs is 1. The Balaban J connectivity index is 2.38. The molecule has 0 fully saturated rings. The van der Waals surface area contributed by atoms with E-state index < -0.39 is 28.0 Å². The summed E-state index contributed by atoms with van der Waals surface area (Å²) in [6.07, 6.45) is -3.24. The summed E-state index contributed by atoms with van der Waals surface area (Å²) in [7, 11) is 0.155. The molecule has 1 N–H and O–H groups in total. The van der Waals surface area contributed by atoms with Crippen LogP contribution in [0.1, 0.15) is 31.9 Å². The Morgan fingerprint density at radius 2 is 2.00 bits per heavy atom. The second-order valence-electron chi connectivity index (χ2n) is 6.30. The van der Waals surface area contributed by atoms with Crippen LogP contribution in [-0.2, 0) is 6.18 Å². The minimum Gasteiger partial charge on any atom is -0.386 e. The molecule has 1 aromatic carbocycles. The van der Waals surface area contributed by atoms with Crippen LogP contribution < -0.4 is 5.46 Å². The van der Waals surface area contributed by atoms with E-state index in [1.165, 1.54) is 0 Å². The molecule has 1 aliphatic rings. The summed E-state index contributed by atoms with van der Waals surface area (Å²) in [5, 5.41) is 21.9. The zero-order valence-corrected chi connectivity index (χ0v) is 14.3. The van der Waals surface area contributed by atoms with Crippen LogP contribution in [0.3, 0.4) is 0 Å². The lowest BCUT2D eigenvalue weighted by Gasteiger charge is -2.25. The highest BCUT2D eigenvalue weighted by atomic mass is 32.2. The number of alkyl halides is 3. The van der Waals surface area contributed by atoms with Crippen LogP contribution in [0.25, 0.3) is 6.08 Å². The standard InChI is InChI=1S/C15H17BF3NO3S/c1-8(2)24-7-14(3,21)13-5-9-4-12(20(22)23)10(15(17,18)19)6-11(9)16-13/h4-6,8,16,21H,7H2,1-3H3. The van der Waals surface area contributed by atoms with Gasteiger partial charge in [0.25, 0.3) is 5.69 Å². The topological polar surface area (TPSA) is 63.4 Å². The monoisotopic (exact) mass is 359 g/mol. The van der Waals surface area contributed by atoms with Gasteiger partial charge in [-0.2, -0.15) is 24.9 Å². The fraction of sp³-hybridized carbons (Fsp3) is 0.467. The van der Waals surface area contributed by atoms with E-state index in [0.29, 0.717) is 27.5 Å². The van der Waals surface area contributed by atoms with Crippen molar-refractivity contribution < 1.29 is 23.2 Å². The van der Waals surface area contributed by atoms with Crippen molar-refractivity contribution in [2.24, 2.45) is 0 Å². The Hall–Kier alpha value is -1.48. The molecule has 0 aromatic heterocycles. The lowest BCUT2D eigenvalue weighted by molar-refractivity contribution is -0.388. The Morgan fingerprint density at radius 3 is 2.50 bits per heavy atom. The first-order valence-corrected chi connectivity index (χ1v) is 8.40. The predicted molar refractivity (Wildman–Crippen MR) is 91.1 cm³/mol. The molecule has 9 heteroatoms. The molecule has 130 valence electrons. The van der Waals surface area contributed by atoms with Gasteiger partial charge in [-0.05, 0) is 23.8 Å². The molecule has 0 bridgehead atoms. The van der Waals surface area contributed by atoms with E-state index in [0.717, 1.165) is 12.1 Å². The number of hydrogen-bond acceptors (Lipinski definition) is 4. The van der Waals surface area contributed by atoms with Crippen LogP contribution in [0.2, 0.25) is 0 Å². The Labute approximate surface area is 142 Å². The van der Waals surface area contributed by atoms with Crippen molar-refractivity contribution in [2.45, 2.75) is 37.8 Å². The molecule has 0 spiro atoms. The van der Waals surface area contributed by atoms with E-state index in [-0.39, 0.29) is 7.28 Å². The molecule has 1 atom stereocenters. The molecule has 2 rings (SSSR count). The minimum absolute atomic E-state index is 0.155. The Bertz CT molecular complexity index is 702. The number of aliphatic hydroxyl groups is 1. The Kier molecular flexibility index (Phi) is 5.06. The van der Waals surface area contributed by atoms with Crippen LogP contribution in [0.15, 0.2) is 17.6 Å². The largest absolute Gasteiger partial charge is 0.422 e. The molecule has 0 saturated heterocycles. The van der Waals surface area contributed by atoms with Gasteiger partial charge in [-0.15, -0.1) is 0 Å². The van der Waals surface area contributed by atoms with Crippen molar-refractivity contribution >= 4 is 36.3 Å². The van der Waals surface area contributed by atoms with Crippen molar-refractivity contribution in [3.63, 3.8) is 0 Å². The first-order chi connectivity index (χ1) is 10.9. The highest BCUT2D eigenvalue weighted by Crippen LogP contribution is 2.38. The molecule has 1 aromatic rings. The molecular weight excluding hydrogens is 342 g/mol. The second kappa shape index (κ2) is 6.44. The van der Waals surface area contributed by atoms with E-state index in [9.17, 15) is 28.4 Å². The average molecular weight is 359 g/mol. The lowest BCUT2D eigenvalue weighted by Crippen LogP contribution is -2.35. The molecular formula is C15H17BF3NO3S. The van der Waals surface area contributed by atoms with Crippen molar-refractivity contribution in [3.05, 3.63) is 38.8 Å². The summed E-state index contributed by atoms with van der Waals surface area (Å²) < 4.78 is 39.1. The summed E-state index contributed by atoms with van der Waals surface area (Å²) in [6, 6.07) is 1.76. The van der Waals surface area contributed by atoms with Gasteiger partial charge in [-0.1, -0.05) is 30.9 Å². The van der Waals surface area contributed by atoms with Crippen molar-refractivity contribution in [1.82, 2.24) is 0 Å². The van der Waals surface area contributed by atoms with E-state index in [2.05, 4.69) is 0 Å². The molecule has 0 saturated carbocycles. The molecule has 0 amide bonds. The molecule has 24 heavy (non-hydrogen) atoms. The molecule has 1 unspecified atom stereocenters. The molecule has 4 nitrogen and oxygen atoms in total. The van der Waals surface area contributed by atoms with E-state index in [1.807, 2.05) is 13.8 Å². The van der Waals surface area contributed by atoms with Gasteiger partial charge in [0.15, 0.2) is 7.28 Å². The highest BCUT2D eigenvalue weighted by molar-refractivity contribution is 7.99. The number of halogens is 3. The zero-order chi connectivity index (χ0) is 18.3. The van der Waals surface area contributed by atoms with Crippen molar-refractivity contribution in [1.29, 1.82) is 0 Å². The fourth-order valence-electron chi connectivity index (χ4n) is 2.53. The van der Waals surface area contributed by atoms with Gasteiger partial charge in [0.2, 0.25) is 0 Å². The number of thioether (sulfide) groups is 1. The number of nitro groups is 1. The van der Waals surface area contributed by atoms with Gasteiger partial charge in [-0.25, -0.2) is 0 Å². The summed E-state index contributed by atoms with van der Waals surface area (Å²) in [6.45, 7) is 5.58. The first-order valence-electron chi connectivity index (χ1n) is 7.35. The number of nitrogens with zero attached hydrogens (tertiary/aromatic N) is 1. The fourth-order valence-corrected chi connectivity index (χ4v) is 3.37. The van der Waals surface area contributed by atoms with Crippen LogP contribution in [0, 0.1) is 10.1 Å². The Morgan fingerprint density at radius 1 is 1.38 bits per heavy atom. The van der Waals surface area contributed by atoms with Crippen LogP contribution in [-0.4, -0.2) is 33.9 Å². The predicted octanol–water partition coefficient (Wildman–Crippen LogP) is 2.92. The average Bonchev–Trinajstić information content (AvgIpc) is 2.86. The normalized spacial score (nSPS) is 16.4. The summed E-state index contributed by atoms with van der Waals surface area (Å²) in [5.74, 6) is 0.401. The highest BCUT2D eigenvalue weighted by Gasteiger charge is 2.40. The minimum atomic E-state index is -4.80. The van der Waals surface area contributed by atoms with Gasteiger partial charge in [0.05, 0.1) is 10.5 Å². The third kappa shape index (κ3) is 3.95. The van der Waals surface area contributed by atoms with E-state index >= 15 is 0 Å². The van der Waals surface area contributed by atoms with Crippen molar-refractivity contribution in [2.75, 3.05) is 5.75 Å². The summed E-state index contributed by atoms with van der Waals surface area (Å²) in [4.78, 5) is 9.93. The van der Waals surface area contributed by atoms with Gasteiger partial charge in [0, 0.05) is 11.8 Å². The number of hydrogen-bond donors (Lipinski definition) is 1. The molecule has 1 aliphatic heterocycles. The molecule has 0 radical (unpaired) electrons. The SMILES string of the molecule is CC(C)SCC(C)(O)C1=Cc2cc([N+](=O)[O-])c(C(F)(F)F)cc2B1. The van der Waals surface area contributed by atoms with E-state index in [1.54, 1.807) is 24.8 Å². The van der Waals surface area contributed by atoms with Gasteiger partial charge >= 0.3 is 6.18 Å². The zero-order valence-electron chi connectivity index (χ0n) is 13.5. The smallest absolute Gasteiger partial charge is 0.386 e. The van der Waals surface area contributed by atoms with Gasteiger partial charge in [-0.3, -0.25) is 10.1 Å². The van der Waals surface area contributed by atoms with Gasteiger partial charge < -0.3 is 5.11 Å². The van der Waals surface area contributed by atoms with Crippen molar-refractivity contribution in [3.8, 4) is 0 Å². The second-order valence-corrected chi connectivity index (χ2v) is 7.87. The van der Waals surface area contributed by atoms with Crippen LogP contribution in [0.5, 0.6) is 0 Å². The maximum atomic E-state index is 13.0.